The van der Waals surface area contributed by atoms with E-state index in [-0.39, 0.29) is 22.9 Å². The molecular formula is C30H33ClF2N5O3-. The molecule has 2 aromatic heterocycles. The summed E-state index contributed by atoms with van der Waals surface area (Å²) in [5, 5.41) is 15.2. The number of hydrogen-bond donors (Lipinski definition) is 1. The number of alkyl halides is 2. The molecule has 0 fully saturated rings. The van der Waals surface area contributed by atoms with Gasteiger partial charge in [0.25, 0.3) is 5.92 Å². The second kappa shape index (κ2) is 11.2. The van der Waals surface area contributed by atoms with E-state index in [1.54, 1.807) is 24.3 Å². The van der Waals surface area contributed by atoms with Crippen LogP contribution in [0.15, 0.2) is 61.1 Å². The zero-order valence-electron chi connectivity index (χ0n) is 23.8. The van der Waals surface area contributed by atoms with E-state index in [0.717, 1.165) is 0 Å². The molecule has 0 unspecified atom stereocenters. The quantitative estimate of drug-likeness (QED) is 0.235. The lowest BCUT2D eigenvalue weighted by Gasteiger charge is -2.38. The molecule has 11 heteroatoms. The van der Waals surface area contributed by atoms with Crippen LogP contribution < -0.4 is 15.2 Å². The average molecular weight is 585 g/mol. The molecule has 1 N–H and O–H groups in total. The predicted molar refractivity (Wildman–Crippen MR) is 154 cm³/mol. The maximum Gasteiger partial charge on any atom is 0.278 e. The van der Waals surface area contributed by atoms with Crippen molar-refractivity contribution in [2.75, 3.05) is 11.9 Å². The molecule has 0 aliphatic carbocycles. The summed E-state index contributed by atoms with van der Waals surface area (Å²) in [6.07, 6.45) is 2.01. The van der Waals surface area contributed by atoms with E-state index in [1.165, 1.54) is 50.2 Å². The predicted octanol–water partition coefficient (Wildman–Crippen LogP) is 7.20. The summed E-state index contributed by atoms with van der Waals surface area (Å²) < 4.78 is 37.5. The highest BCUT2D eigenvalue weighted by Crippen LogP contribution is 2.45. The number of benzene rings is 2. The number of fused-ring (bicyclic) bond motifs is 1. The lowest BCUT2D eigenvalue weighted by atomic mass is 9.83. The van der Waals surface area contributed by atoms with Crippen LogP contribution in [0.3, 0.4) is 0 Å². The topological polar surface area (TPSA) is 95.3 Å². The Morgan fingerprint density at radius 1 is 1.07 bits per heavy atom. The highest BCUT2D eigenvalue weighted by Gasteiger charge is 2.44. The third-order valence-electron chi connectivity index (χ3n) is 6.71. The minimum Gasteiger partial charge on any atom is -0.530 e. The fourth-order valence-electron chi connectivity index (χ4n) is 4.33. The first-order valence-corrected chi connectivity index (χ1v) is 13.5. The summed E-state index contributed by atoms with van der Waals surface area (Å²) in [6.45, 7) is 10.5. The molecule has 0 aliphatic heterocycles. The summed E-state index contributed by atoms with van der Waals surface area (Å²) in [5.41, 5.74) is -0.0482. The van der Waals surface area contributed by atoms with Crippen LogP contribution >= 0.6 is 11.6 Å². The molecule has 0 saturated carbocycles. The number of ether oxygens (including phenoxy) is 1. The van der Waals surface area contributed by atoms with Crippen molar-refractivity contribution < 1.29 is 23.4 Å². The molecule has 2 aromatic carbocycles. The number of halogens is 3. The highest BCUT2D eigenvalue weighted by atomic mass is 35.5. The molecular weight excluding hydrogens is 552 g/mol. The van der Waals surface area contributed by atoms with Crippen LogP contribution in [0.5, 0.6) is 11.5 Å². The number of aromatic nitrogens is 3. The van der Waals surface area contributed by atoms with E-state index in [0.29, 0.717) is 34.8 Å². The van der Waals surface area contributed by atoms with E-state index < -0.39 is 23.0 Å². The van der Waals surface area contributed by atoms with Gasteiger partial charge in [0.15, 0.2) is 5.82 Å². The van der Waals surface area contributed by atoms with Crippen molar-refractivity contribution in [3.05, 3.63) is 71.6 Å². The largest absolute Gasteiger partial charge is 0.530 e. The first kappa shape index (κ1) is 30.0. The highest BCUT2D eigenvalue weighted by molar-refractivity contribution is 6.32. The van der Waals surface area contributed by atoms with Gasteiger partial charge in [-0.3, -0.25) is 0 Å². The zero-order valence-corrected chi connectivity index (χ0v) is 24.6. The summed E-state index contributed by atoms with van der Waals surface area (Å²) in [7, 11) is 0. The molecule has 4 aromatic rings. The van der Waals surface area contributed by atoms with Crippen molar-refractivity contribution in [1.82, 2.24) is 19.4 Å². The van der Waals surface area contributed by atoms with Crippen molar-refractivity contribution >= 4 is 40.2 Å². The Bertz CT molecular complexity index is 1560. The molecule has 0 bridgehead atoms. The van der Waals surface area contributed by atoms with Crippen molar-refractivity contribution in [3.8, 4) is 11.5 Å². The standard InChI is InChI=1S/C30H34ClF2N5O3/c1-28(2,3)30(32,33)19-8-7-9-21(16-19)41-24-11-10-20(17-22(24)31)36-26-25-23(34-18-35-26)12-13-37(25)14-15-38(27(39)40)29(4,5)6/h7-13,16-18H,14-15H2,1-6H3,(H,39,40)(H,34,35,36)/p-1. The number of nitrogens with one attached hydrogen (secondary N) is 1. The Morgan fingerprint density at radius 2 is 1.80 bits per heavy atom. The normalized spacial score (nSPS) is 12.4. The van der Waals surface area contributed by atoms with Gasteiger partial charge in [-0.25, -0.2) is 18.7 Å². The third-order valence-corrected chi connectivity index (χ3v) is 7.00. The fourth-order valence-corrected chi connectivity index (χ4v) is 4.55. The Kier molecular flexibility index (Phi) is 8.18. The number of carboxylic acid groups (broad SMARTS) is 1. The monoisotopic (exact) mass is 584 g/mol. The van der Waals surface area contributed by atoms with Gasteiger partial charge in [0.2, 0.25) is 0 Å². The molecule has 0 radical (unpaired) electrons. The molecule has 2 heterocycles. The van der Waals surface area contributed by atoms with Crippen molar-refractivity contribution in [3.63, 3.8) is 0 Å². The van der Waals surface area contributed by atoms with Crippen LogP contribution in [0.4, 0.5) is 25.1 Å². The summed E-state index contributed by atoms with van der Waals surface area (Å²) in [5.74, 6) is -2.02. The van der Waals surface area contributed by atoms with Crippen LogP contribution in [-0.2, 0) is 12.5 Å². The van der Waals surface area contributed by atoms with Crippen LogP contribution in [0, 0.1) is 5.41 Å². The van der Waals surface area contributed by atoms with Crippen LogP contribution in [0.25, 0.3) is 11.0 Å². The molecule has 0 saturated heterocycles. The van der Waals surface area contributed by atoms with E-state index in [2.05, 4.69) is 15.3 Å². The van der Waals surface area contributed by atoms with Crippen LogP contribution in [0.1, 0.15) is 47.1 Å². The lowest BCUT2D eigenvalue weighted by molar-refractivity contribution is -0.270. The number of carbonyl (C=O) groups excluding carboxylic acids is 1. The van der Waals surface area contributed by atoms with E-state index in [1.807, 2.05) is 37.6 Å². The molecule has 8 nitrogen and oxygen atoms in total. The second-order valence-electron chi connectivity index (χ2n) is 11.8. The van der Waals surface area contributed by atoms with Crippen molar-refractivity contribution in [1.29, 1.82) is 0 Å². The van der Waals surface area contributed by atoms with Gasteiger partial charge >= 0.3 is 0 Å². The molecule has 1 amide bonds. The third kappa shape index (κ3) is 6.53. The Labute approximate surface area is 242 Å². The Morgan fingerprint density at radius 3 is 2.44 bits per heavy atom. The van der Waals surface area contributed by atoms with E-state index >= 15 is 0 Å². The zero-order chi connectivity index (χ0) is 30.2. The Hall–Kier alpha value is -3.92. The number of anilines is 2. The van der Waals surface area contributed by atoms with Crippen molar-refractivity contribution in [2.45, 2.75) is 59.5 Å². The van der Waals surface area contributed by atoms with Crippen LogP contribution in [-0.4, -0.2) is 37.6 Å². The smallest absolute Gasteiger partial charge is 0.278 e. The molecule has 0 atom stereocenters. The molecule has 0 aliphatic rings. The average Bonchev–Trinajstić information content (AvgIpc) is 3.28. The fraction of sp³-hybridized carbons (Fsp3) is 0.367. The maximum atomic E-state index is 14.9. The second-order valence-corrected chi connectivity index (χ2v) is 12.2. The Balaban J connectivity index is 1.55. The number of amides is 1. The summed E-state index contributed by atoms with van der Waals surface area (Å²) in [4.78, 5) is 21.6. The molecule has 4 rings (SSSR count). The van der Waals surface area contributed by atoms with Gasteiger partial charge in [0, 0.05) is 41.5 Å². The van der Waals surface area contributed by atoms with E-state index in [4.69, 9.17) is 16.3 Å². The lowest BCUT2D eigenvalue weighted by Crippen LogP contribution is -2.52. The van der Waals surface area contributed by atoms with E-state index in [9.17, 15) is 18.7 Å². The van der Waals surface area contributed by atoms with Gasteiger partial charge in [-0.15, -0.1) is 0 Å². The first-order valence-electron chi connectivity index (χ1n) is 13.1. The molecule has 41 heavy (non-hydrogen) atoms. The minimum atomic E-state index is -3.06. The number of carbonyl (C=O) groups is 1. The van der Waals surface area contributed by atoms with Gasteiger partial charge in [0.05, 0.1) is 10.5 Å². The van der Waals surface area contributed by atoms with Gasteiger partial charge in [-0.1, -0.05) is 44.5 Å². The maximum absolute atomic E-state index is 14.9. The summed E-state index contributed by atoms with van der Waals surface area (Å²) in [6, 6.07) is 12.7. The molecule has 218 valence electrons. The van der Waals surface area contributed by atoms with Gasteiger partial charge in [-0.05, 0) is 57.2 Å². The first-order chi connectivity index (χ1) is 19.1. The van der Waals surface area contributed by atoms with Crippen LogP contribution in [0.2, 0.25) is 5.02 Å². The number of hydrogen-bond acceptors (Lipinski definition) is 6. The van der Waals surface area contributed by atoms with Gasteiger partial charge in [0.1, 0.15) is 29.4 Å². The van der Waals surface area contributed by atoms with Crippen molar-refractivity contribution in [2.24, 2.45) is 5.41 Å². The number of nitrogens with zero attached hydrogens (tertiary/aromatic N) is 4. The number of rotatable bonds is 8. The van der Waals surface area contributed by atoms with Gasteiger partial charge in [-0.2, -0.15) is 0 Å². The minimum absolute atomic E-state index is 0.141. The summed E-state index contributed by atoms with van der Waals surface area (Å²) >= 11 is 6.51. The SMILES string of the molecule is CC(C)(C)N(CCn1ccc2ncnc(Nc3ccc(Oc4cccc(C(F)(F)C(C)(C)C)c4)c(Cl)c3)c21)C(=O)[O-]. The van der Waals surface area contributed by atoms with Gasteiger partial charge < -0.3 is 29.4 Å². The molecule has 0 spiro atoms.